The predicted molar refractivity (Wildman–Crippen MR) is 72.5 cm³/mol. The van der Waals surface area contributed by atoms with Crippen LogP contribution < -0.4 is 5.32 Å². The molecule has 2 N–H and O–H groups in total. The minimum absolute atomic E-state index is 0.0330. The van der Waals surface area contributed by atoms with Gasteiger partial charge >= 0.3 is 0 Å². The molecule has 5 nitrogen and oxygen atoms in total. The molecule has 0 atom stereocenters. The fourth-order valence-electron chi connectivity index (χ4n) is 1.90. The number of amides is 1. The number of hydrogen-bond donors (Lipinski definition) is 2. The van der Waals surface area contributed by atoms with Gasteiger partial charge < -0.3 is 5.32 Å². The number of rotatable bonds is 5. The van der Waals surface area contributed by atoms with Crippen LogP contribution in [0.3, 0.4) is 0 Å². The van der Waals surface area contributed by atoms with Gasteiger partial charge in [-0.25, -0.2) is 0 Å². The molecule has 0 fully saturated rings. The molecular formula is C14H18N4O. The summed E-state index contributed by atoms with van der Waals surface area (Å²) in [5, 5.41) is 9.92. The van der Waals surface area contributed by atoms with Crippen LogP contribution >= 0.6 is 0 Å². The molecule has 100 valence electrons. The highest BCUT2D eigenvalue weighted by Gasteiger charge is 2.08. The Balaban J connectivity index is 1.79. The van der Waals surface area contributed by atoms with Crippen LogP contribution in [0.25, 0.3) is 0 Å². The Morgan fingerprint density at radius 1 is 1.37 bits per heavy atom. The summed E-state index contributed by atoms with van der Waals surface area (Å²) in [7, 11) is 0. The third-order valence-corrected chi connectivity index (χ3v) is 3.08. The van der Waals surface area contributed by atoms with E-state index >= 15 is 0 Å². The van der Waals surface area contributed by atoms with Crippen LogP contribution in [0, 0.1) is 13.8 Å². The molecule has 0 bridgehead atoms. The van der Waals surface area contributed by atoms with Gasteiger partial charge in [-0.3, -0.25) is 14.9 Å². The molecule has 2 aromatic heterocycles. The zero-order chi connectivity index (χ0) is 13.7. The van der Waals surface area contributed by atoms with Crippen LogP contribution in [-0.2, 0) is 17.8 Å². The number of nitrogens with one attached hydrogen (secondary N) is 2. The normalized spacial score (nSPS) is 10.4. The highest BCUT2D eigenvalue weighted by Crippen LogP contribution is 2.08. The minimum Gasteiger partial charge on any atom is -0.352 e. The van der Waals surface area contributed by atoms with E-state index in [1.165, 1.54) is 0 Å². The number of pyridine rings is 1. The molecule has 0 unspecified atom stereocenters. The van der Waals surface area contributed by atoms with Crippen molar-refractivity contribution in [2.45, 2.75) is 33.2 Å². The molecule has 0 aliphatic heterocycles. The first-order chi connectivity index (χ1) is 9.16. The molecule has 19 heavy (non-hydrogen) atoms. The van der Waals surface area contributed by atoms with E-state index < -0.39 is 0 Å². The summed E-state index contributed by atoms with van der Waals surface area (Å²) in [5.41, 5.74) is 3.93. The first-order valence-electron chi connectivity index (χ1n) is 6.34. The van der Waals surface area contributed by atoms with Crippen molar-refractivity contribution >= 4 is 5.91 Å². The molecule has 0 saturated carbocycles. The topological polar surface area (TPSA) is 70.7 Å². The molecule has 0 aromatic carbocycles. The zero-order valence-corrected chi connectivity index (χ0v) is 11.2. The van der Waals surface area contributed by atoms with E-state index in [0.29, 0.717) is 19.4 Å². The van der Waals surface area contributed by atoms with E-state index in [1.807, 2.05) is 32.0 Å². The van der Waals surface area contributed by atoms with Crippen LogP contribution in [0.15, 0.2) is 24.4 Å². The molecule has 0 aliphatic carbocycles. The lowest BCUT2D eigenvalue weighted by atomic mass is 10.2. The molecule has 2 heterocycles. The van der Waals surface area contributed by atoms with Crippen LogP contribution in [0.5, 0.6) is 0 Å². The van der Waals surface area contributed by atoms with Crippen molar-refractivity contribution in [1.29, 1.82) is 0 Å². The molecule has 5 heteroatoms. The fourth-order valence-corrected chi connectivity index (χ4v) is 1.90. The summed E-state index contributed by atoms with van der Waals surface area (Å²) < 4.78 is 0. The molecule has 0 spiro atoms. The van der Waals surface area contributed by atoms with Gasteiger partial charge in [0.1, 0.15) is 0 Å². The third-order valence-electron chi connectivity index (χ3n) is 3.08. The number of H-pyrrole nitrogens is 1. The molecule has 0 radical (unpaired) electrons. The second-order valence-corrected chi connectivity index (χ2v) is 4.51. The molecular weight excluding hydrogens is 240 g/mol. The first-order valence-corrected chi connectivity index (χ1v) is 6.34. The van der Waals surface area contributed by atoms with E-state index in [2.05, 4.69) is 20.5 Å². The van der Waals surface area contributed by atoms with E-state index in [0.717, 1.165) is 22.6 Å². The smallest absolute Gasteiger partial charge is 0.220 e. The predicted octanol–water partition coefficient (Wildman–Crippen LogP) is 1.67. The van der Waals surface area contributed by atoms with E-state index in [-0.39, 0.29) is 5.91 Å². The number of aromatic amines is 1. The highest BCUT2D eigenvalue weighted by molar-refractivity contribution is 5.76. The molecule has 1 amide bonds. The second kappa shape index (κ2) is 6.13. The standard InChI is InChI=1S/C14H18N4O/c1-10-13(11(2)18-17-10)9-16-14(19)7-6-12-5-3-4-8-15-12/h3-5,8H,6-7,9H2,1-2H3,(H,16,19)(H,17,18). The lowest BCUT2D eigenvalue weighted by Gasteiger charge is -2.05. The lowest BCUT2D eigenvalue weighted by molar-refractivity contribution is -0.121. The van der Waals surface area contributed by atoms with Gasteiger partial charge in [0.25, 0.3) is 0 Å². The van der Waals surface area contributed by atoms with Gasteiger partial charge in [-0.15, -0.1) is 0 Å². The highest BCUT2D eigenvalue weighted by atomic mass is 16.1. The van der Waals surface area contributed by atoms with Crippen LogP contribution in [0.2, 0.25) is 0 Å². The van der Waals surface area contributed by atoms with E-state index in [9.17, 15) is 4.79 Å². The summed E-state index contributed by atoms with van der Waals surface area (Å²) in [6.45, 7) is 4.41. The Bertz CT molecular complexity index is 528. The summed E-state index contributed by atoms with van der Waals surface area (Å²) in [6.07, 6.45) is 2.86. The number of carbonyl (C=O) groups is 1. The SMILES string of the molecule is Cc1n[nH]c(C)c1CNC(=O)CCc1ccccn1. The van der Waals surface area contributed by atoms with Gasteiger partial charge in [0, 0.05) is 36.1 Å². The maximum Gasteiger partial charge on any atom is 0.220 e. The second-order valence-electron chi connectivity index (χ2n) is 4.51. The fraction of sp³-hybridized carbons (Fsp3) is 0.357. The maximum atomic E-state index is 11.8. The van der Waals surface area contributed by atoms with Crippen LogP contribution in [0.1, 0.15) is 29.1 Å². The quantitative estimate of drug-likeness (QED) is 0.857. The lowest BCUT2D eigenvalue weighted by Crippen LogP contribution is -2.23. The molecule has 2 rings (SSSR count). The monoisotopic (exact) mass is 258 g/mol. The average molecular weight is 258 g/mol. The number of carbonyl (C=O) groups excluding carboxylic acids is 1. The Kier molecular flexibility index (Phi) is 4.28. The first kappa shape index (κ1) is 13.3. The van der Waals surface area contributed by atoms with Gasteiger partial charge in [-0.2, -0.15) is 5.10 Å². The molecule has 0 aliphatic rings. The Morgan fingerprint density at radius 3 is 2.84 bits per heavy atom. The van der Waals surface area contributed by atoms with Crippen molar-refractivity contribution in [3.05, 3.63) is 47.0 Å². The van der Waals surface area contributed by atoms with Crippen molar-refractivity contribution < 1.29 is 4.79 Å². The number of hydrogen-bond acceptors (Lipinski definition) is 3. The summed E-state index contributed by atoms with van der Waals surface area (Å²) in [6, 6.07) is 5.73. The summed E-state index contributed by atoms with van der Waals surface area (Å²) in [4.78, 5) is 16.0. The van der Waals surface area contributed by atoms with Crippen LogP contribution in [0.4, 0.5) is 0 Å². The number of nitrogens with zero attached hydrogens (tertiary/aromatic N) is 2. The van der Waals surface area contributed by atoms with Gasteiger partial charge in [0.05, 0.1) is 5.69 Å². The Labute approximate surface area is 112 Å². The van der Waals surface area contributed by atoms with Gasteiger partial charge in [-0.05, 0) is 32.4 Å². The maximum absolute atomic E-state index is 11.8. The largest absolute Gasteiger partial charge is 0.352 e. The zero-order valence-electron chi connectivity index (χ0n) is 11.2. The van der Waals surface area contributed by atoms with Crippen molar-refractivity contribution in [3.8, 4) is 0 Å². The van der Waals surface area contributed by atoms with Crippen molar-refractivity contribution in [3.63, 3.8) is 0 Å². The van der Waals surface area contributed by atoms with Gasteiger partial charge in [0.2, 0.25) is 5.91 Å². The van der Waals surface area contributed by atoms with Crippen molar-refractivity contribution in [1.82, 2.24) is 20.5 Å². The van der Waals surface area contributed by atoms with E-state index in [1.54, 1.807) is 6.20 Å². The Hall–Kier alpha value is -2.17. The number of aryl methyl sites for hydroxylation is 3. The molecule has 0 saturated heterocycles. The summed E-state index contributed by atoms with van der Waals surface area (Å²) >= 11 is 0. The van der Waals surface area contributed by atoms with E-state index in [4.69, 9.17) is 0 Å². The van der Waals surface area contributed by atoms with Crippen molar-refractivity contribution in [2.75, 3.05) is 0 Å². The van der Waals surface area contributed by atoms with Crippen molar-refractivity contribution in [2.24, 2.45) is 0 Å². The molecule has 2 aromatic rings. The minimum atomic E-state index is 0.0330. The van der Waals surface area contributed by atoms with Crippen LogP contribution in [-0.4, -0.2) is 21.1 Å². The number of aromatic nitrogens is 3. The average Bonchev–Trinajstić information content (AvgIpc) is 2.75. The third kappa shape index (κ3) is 3.64. The summed E-state index contributed by atoms with van der Waals surface area (Å²) in [5.74, 6) is 0.0330. The van der Waals surface area contributed by atoms with Gasteiger partial charge in [0.15, 0.2) is 0 Å². The van der Waals surface area contributed by atoms with Gasteiger partial charge in [-0.1, -0.05) is 6.07 Å². The Morgan fingerprint density at radius 2 is 2.21 bits per heavy atom.